The number of thioether (sulfide) groups is 1. The van der Waals surface area contributed by atoms with E-state index in [1.165, 1.54) is 11.8 Å². The second kappa shape index (κ2) is 14.6. The fourth-order valence-corrected chi connectivity index (χ4v) is 5.01. The molecule has 0 saturated heterocycles. The van der Waals surface area contributed by atoms with E-state index in [0.717, 1.165) is 16.1 Å². The van der Waals surface area contributed by atoms with Crippen LogP contribution in [0.2, 0.25) is 10.0 Å². The molecule has 0 aliphatic carbocycles. The average molecular weight is 620 g/mol. The van der Waals surface area contributed by atoms with Crippen molar-refractivity contribution in [3.05, 3.63) is 124 Å². The monoisotopic (exact) mass is 618 g/mol. The molecule has 4 aromatic rings. The summed E-state index contributed by atoms with van der Waals surface area (Å²) in [6.45, 7) is 0. The number of carbonyl (C=O) groups excluding carboxylic acids is 3. The molecule has 4 aromatic carbocycles. The summed E-state index contributed by atoms with van der Waals surface area (Å²) in [6.07, 6.45) is 1.63. The van der Waals surface area contributed by atoms with E-state index in [9.17, 15) is 14.4 Å². The standard InChI is InChI=1S/C32H28Cl2N4O3S/c1-38(2)27-12-8-21(9-13-27)16-29(37-31(40)22-6-4-3-5-7-22)32(41)36-25-10-14-28(15-11-25)42-20-30(39)35-26-18-23(33)17-24(34)19-26/h3-19H,20H2,1-2H3,(H,35,39)(H,36,41)(H,37,40)/b29-16-. The predicted octanol–water partition coefficient (Wildman–Crippen LogP) is 7.20. The van der Waals surface area contributed by atoms with Crippen LogP contribution < -0.4 is 20.9 Å². The summed E-state index contributed by atoms with van der Waals surface area (Å²) in [4.78, 5) is 41.4. The molecule has 0 atom stereocenters. The average Bonchev–Trinajstić information content (AvgIpc) is 2.96. The molecule has 4 rings (SSSR count). The summed E-state index contributed by atoms with van der Waals surface area (Å²) >= 11 is 13.3. The Labute approximate surface area is 258 Å². The Morgan fingerprint density at radius 2 is 1.43 bits per heavy atom. The molecule has 42 heavy (non-hydrogen) atoms. The lowest BCUT2D eigenvalue weighted by Crippen LogP contribution is -2.30. The summed E-state index contributed by atoms with van der Waals surface area (Å²) in [5.41, 5.74) is 3.35. The highest BCUT2D eigenvalue weighted by Gasteiger charge is 2.15. The van der Waals surface area contributed by atoms with Gasteiger partial charge in [0.1, 0.15) is 5.70 Å². The Balaban J connectivity index is 1.42. The van der Waals surface area contributed by atoms with Crippen LogP contribution in [0.4, 0.5) is 17.1 Å². The van der Waals surface area contributed by atoms with E-state index in [2.05, 4.69) is 16.0 Å². The summed E-state index contributed by atoms with van der Waals surface area (Å²) in [7, 11) is 3.89. The highest BCUT2D eigenvalue weighted by atomic mass is 35.5. The van der Waals surface area contributed by atoms with Crippen LogP contribution in [-0.4, -0.2) is 37.6 Å². The van der Waals surface area contributed by atoms with Gasteiger partial charge >= 0.3 is 0 Å². The van der Waals surface area contributed by atoms with Gasteiger partial charge in [-0.25, -0.2) is 0 Å². The molecule has 0 aromatic heterocycles. The zero-order valence-corrected chi connectivity index (χ0v) is 25.2. The minimum Gasteiger partial charge on any atom is -0.378 e. The van der Waals surface area contributed by atoms with Crippen LogP contribution in [0, 0.1) is 0 Å². The van der Waals surface area contributed by atoms with Gasteiger partial charge in [0.15, 0.2) is 0 Å². The molecule has 0 fully saturated rings. The quantitative estimate of drug-likeness (QED) is 0.129. The highest BCUT2D eigenvalue weighted by molar-refractivity contribution is 8.00. The summed E-state index contributed by atoms with van der Waals surface area (Å²) < 4.78 is 0. The highest BCUT2D eigenvalue weighted by Crippen LogP contribution is 2.24. The van der Waals surface area contributed by atoms with Gasteiger partial charge in [0, 0.05) is 51.7 Å². The predicted molar refractivity (Wildman–Crippen MR) is 174 cm³/mol. The fraction of sp³-hybridized carbons (Fsp3) is 0.0938. The van der Waals surface area contributed by atoms with Crippen LogP contribution in [0.25, 0.3) is 6.08 Å². The van der Waals surface area contributed by atoms with Crippen molar-refractivity contribution in [2.45, 2.75) is 4.90 Å². The van der Waals surface area contributed by atoms with Crippen molar-refractivity contribution in [3.8, 4) is 0 Å². The molecule has 0 unspecified atom stereocenters. The zero-order chi connectivity index (χ0) is 30.1. The molecule has 0 aliphatic heterocycles. The first kappa shape index (κ1) is 30.7. The number of rotatable bonds is 10. The van der Waals surface area contributed by atoms with Crippen molar-refractivity contribution >= 4 is 75.8 Å². The smallest absolute Gasteiger partial charge is 0.272 e. The largest absolute Gasteiger partial charge is 0.378 e. The van der Waals surface area contributed by atoms with Gasteiger partial charge in [-0.05, 0) is 78.4 Å². The normalized spacial score (nSPS) is 11.0. The number of benzene rings is 4. The first-order chi connectivity index (χ1) is 20.2. The van der Waals surface area contributed by atoms with E-state index in [1.807, 2.05) is 49.3 Å². The lowest BCUT2D eigenvalue weighted by atomic mass is 10.1. The Bertz CT molecular complexity index is 1570. The van der Waals surface area contributed by atoms with Gasteiger partial charge in [-0.2, -0.15) is 0 Å². The van der Waals surface area contributed by atoms with Gasteiger partial charge in [0.05, 0.1) is 5.75 Å². The van der Waals surface area contributed by atoms with E-state index in [-0.39, 0.29) is 17.4 Å². The molecule has 0 heterocycles. The minimum absolute atomic E-state index is 0.0951. The Morgan fingerprint density at radius 1 is 0.786 bits per heavy atom. The van der Waals surface area contributed by atoms with Gasteiger partial charge < -0.3 is 20.9 Å². The van der Waals surface area contributed by atoms with Crippen molar-refractivity contribution in [1.29, 1.82) is 0 Å². The Morgan fingerprint density at radius 3 is 2.05 bits per heavy atom. The van der Waals surface area contributed by atoms with Gasteiger partial charge in [0.2, 0.25) is 5.91 Å². The number of nitrogens with one attached hydrogen (secondary N) is 3. The summed E-state index contributed by atoms with van der Waals surface area (Å²) in [5, 5.41) is 9.22. The topological polar surface area (TPSA) is 90.5 Å². The summed E-state index contributed by atoms with van der Waals surface area (Å²) in [6, 6.07) is 28.2. The van der Waals surface area contributed by atoms with Crippen molar-refractivity contribution in [2.24, 2.45) is 0 Å². The van der Waals surface area contributed by atoms with Crippen molar-refractivity contribution in [2.75, 3.05) is 35.4 Å². The number of amides is 3. The molecule has 3 amide bonds. The maximum Gasteiger partial charge on any atom is 0.272 e. The molecule has 0 radical (unpaired) electrons. The van der Waals surface area contributed by atoms with Gasteiger partial charge in [-0.1, -0.05) is 53.5 Å². The number of halogens is 2. The minimum atomic E-state index is -0.476. The third kappa shape index (κ3) is 9.14. The Hall–Kier alpha value is -4.24. The number of hydrogen-bond donors (Lipinski definition) is 3. The molecule has 0 bridgehead atoms. The van der Waals surface area contributed by atoms with Crippen molar-refractivity contribution in [1.82, 2.24) is 5.32 Å². The van der Waals surface area contributed by atoms with Crippen LogP contribution in [0.1, 0.15) is 15.9 Å². The molecule has 7 nitrogen and oxygen atoms in total. The van der Waals surface area contributed by atoms with E-state index < -0.39 is 11.8 Å². The number of carbonyl (C=O) groups is 3. The molecular formula is C32H28Cl2N4O3S. The third-order valence-electron chi connectivity index (χ3n) is 5.88. The number of anilines is 3. The maximum atomic E-state index is 13.3. The molecule has 10 heteroatoms. The molecule has 0 spiro atoms. The second-order valence-corrected chi connectivity index (χ2v) is 11.3. The molecule has 3 N–H and O–H groups in total. The second-order valence-electron chi connectivity index (χ2n) is 9.34. The zero-order valence-electron chi connectivity index (χ0n) is 22.9. The first-order valence-electron chi connectivity index (χ1n) is 12.8. The first-order valence-corrected chi connectivity index (χ1v) is 14.6. The lowest BCUT2D eigenvalue weighted by molar-refractivity contribution is -0.114. The van der Waals surface area contributed by atoms with Crippen LogP contribution in [0.15, 0.2) is 108 Å². The van der Waals surface area contributed by atoms with E-state index in [4.69, 9.17) is 23.2 Å². The lowest BCUT2D eigenvalue weighted by Gasteiger charge is -2.13. The summed E-state index contributed by atoms with van der Waals surface area (Å²) in [5.74, 6) is -0.915. The van der Waals surface area contributed by atoms with Crippen LogP contribution >= 0.6 is 35.0 Å². The van der Waals surface area contributed by atoms with E-state index in [1.54, 1.807) is 72.8 Å². The molecular weight excluding hydrogens is 591 g/mol. The molecule has 0 saturated carbocycles. The maximum absolute atomic E-state index is 13.3. The number of hydrogen-bond acceptors (Lipinski definition) is 5. The SMILES string of the molecule is CN(C)c1ccc(/C=C(\NC(=O)c2ccccc2)C(=O)Nc2ccc(SCC(=O)Nc3cc(Cl)cc(Cl)c3)cc2)cc1. The van der Waals surface area contributed by atoms with Gasteiger partial charge in [-0.15, -0.1) is 11.8 Å². The van der Waals surface area contributed by atoms with Crippen molar-refractivity contribution < 1.29 is 14.4 Å². The van der Waals surface area contributed by atoms with Crippen LogP contribution in [-0.2, 0) is 9.59 Å². The number of nitrogens with zero attached hydrogens (tertiary/aromatic N) is 1. The molecule has 0 aliphatic rings. The van der Waals surface area contributed by atoms with Gasteiger partial charge in [0.25, 0.3) is 11.8 Å². The Kier molecular flexibility index (Phi) is 10.7. The fourth-order valence-electron chi connectivity index (χ4n) is 3.78. The van der Waals surface area contributed by atoms with Crippen LogP contribution in [0.3, 0.4) is 0 Å². The third-order valence-corrected chi connectivity index (χ3v) is 7.33. The van der Waals surface area contributed by atoms with Crippen molar-refractivity contribution in [3.63, 3.8) is 0 Å². The van der Waals surface area contributed by atoms with E-state index >= 15 is 0 Å². The van der Waals surface area contributed by atoms with E-state index in [0.29, 0.717) is 27.0 Å². The van der Waals surface area contributed by atoms with Crippen LogP contribution in [0.5, 0.6) is 0 Å². The van der Waals surface area contributed by atoms with Gasteiger partial charge in [-0.3, -0.25) is 14.4 Å². The molecule has 214 valence electrons.